The first-order valence-corrected chi connectivity index (χ1v) is 8.04. The fraction of sp³-hybridized carbons (Fsp3) is 0.143. The van der Waals surface area contributed by atoms with E-state index >= 15 is 0 Å². The molecule has 0 saturated carbocycles. The van der Waals surface area contributed by atoms with Gasteiger partial charge in [0.25, 0.3) is 0 Å². The summed E-state index contributed by atoms with van der Waals surface area (Å²) in [6.07, 6.45) is -4.07. The van der Waals surface area contributed by atoms with Gasteiger partial charge in [-0.2, -0.15) is 13.2 Å². The van der Waals surface area contributed by atoms with Crippen molar-refractivity contribution in [2.75, 3.05) is 6.26 Å². The van der Waals surface area contributed by atoms with Crippen molar-refractivity contribution in [3.05, 3.63) is 53.1 Å². The maximum Gasteiger partial charge on any atom is 0.418 e. The van der Waals surface area contributed by atoms with Gasteiger partial charge in [0.1, 0.15) is 0 Å². The number of sulfone groups is 1. The highest BCUT2D eigenvalue weighted by atomic mass is 35.5. The lowest BCUT2D eigenvalue weighted by molar-refractivity contribution is -0.139. The minimum Gasteiger partial charge on any atom is -0.224 e. The zero-order valence-corrected chi connectivity index (χ0v) is 12.4. The van der Waals surface area contributed by atoms with Crippen molar-refractivity contribution in [3.8, 4) is 11.1 Å². The summed E-state index contributed by atoms with van der Waals surface area (Å²) in [5.41, 5.74) is -1.31. The summed E-state index contributed by atoms with van der Waals surface area (Å²) in [5, 5.41) is 0.119. The standard InChI is InChI=1S/C14H10ClF3O2S/c1-21(19,20)12-8-4-6-10(13(12)14(16,17)18)9-5-2-3-7-11(9)15/h2-8H,1H3. The number of halogens is 4. The lowest BCUT2D eigenvalue weighted by atomic mass is 9.99. The lowest BCUT2D eigenvalue weighted by Crippen LogP contribution is -2.14. The summed E-state index contributed by atoms with van der Waals surface area (Å²) >= 11 is 5.93. The Morgan fingerprint density at radius 2 is 1.52 bits per heavy atom. The van der Waals surface area contributed by atoms with Gasteiger partial charge in [-0.05, 0) is 17.7 Å². The molecule has 2 aromatic rings. The van der Waals surface area contributed by atoms with E-state index in [-0.39, 0.29) is 16.1 Å². The van der Waals surface area contributed by atoms with Gasteiger partial charge in [0.05, 0.1) is 10.5 Å². The number of hydrogen-bond donors (Lipinski definition) is 0. The van der Waals surface area contributed by atoms with Crippen LogP contribution in [0.3, 0.4) is 0 Å². The Kier molecular flexibility index (Phi) is 4.04. The molecule has 0 heterocycles. The van der Waals surface area contributed by atoms with Gasteiger partial charge in [-0.1, -0.05) is 41.9 Å². The van der Waals surface area contributed by atoms with Crippen LogP contribution in [0.5, 0.6) is 0 Å². The first-order chi connectivity index (χ1) is 9.62. The molecule has 112 valence electrons. The molecule has 0 bridgehead atoms. The number of rotatable bonds is 2. The number of alkyl halides is 3. The predicted octanol–water partition coefficient (Wildman–Crippen LogP) is 4.43. The van der Waals surface area contributed by atoms with Crippen molar-refractivity contribution in [1.82, 2.24) is 0 Å². The van der Waals surface area contributed by atoms with Gasteiger partial charge in [0.2, 0.25) is 0 Å². The van der Waals surface area contributed by atoms with Gasteiger partial charge in [-0.3, -0.25) is 0 Å². The molecule has 0 amide bonds. The average Bonchev–Trinajstić information content (AvgIpc) is 2.36. The molecular formula is C14H10ClF3O2S. The van der Waals surface area contributed by atoms with Crippen LogP contribution in [-0.4, -0.2) is 14.7 Å². The molecule has 0 N–H and O–H groups in total. The van der Waals surface area contributed by atoms with Crippen molar-refractivity contribution in [2.24, 2.45) is 0 Å². The van der Waals surface area contributed by atoms with Crippen LogP contribution in [0, 0.1) is 0 Å². The van der Waals surface area contributed by atoms with E-state index in [0.29, 0.717) is 0 Å². The first kappa shape index (κ1) is 15.9. The van der Waals surface area contributed by atoms with Gasteiger partial charge in [-0.15, -0.1) is 0 Å². The van der Waals surface area contributed by atoms with Crippen LogP contribution < -0.4 is 0 Å². The second-order valence-corrected chi connectivity index (χ2v) is 6.82. The highest BCUT2D eigenvalue weighted by molar-refractivity contribution is 7.90. The van der Waals surface area contributed by atoms with Crippen LogP contribution in [0.25, 0.3) is 11.1 Å². The highest BCUT2D eigenvalue weighted by Crippen LogP contribution is 2.42. The van der Waals surface area contributed by atoms with Crippen molar-refractivity contribution >= 4 is 21.4 Å². The second-order valence-electron chi connectivity index (χ2n) is 4.43. The molecule has 0 aliphatic carbocycles. The van der Waals surface area contributed by atoms with Crippen molar-refractivity contribution < 1.29 is 21.6 Å². The van der Waals surface area contributed by atoms with E-state index in [9.17, 15) is 21.6 Å². The normalized spacial score (nSPS) is 12.4. The van der Waals surface area contributed by atoms with E-state index < -0.39 is 26.5 Å². The second kappa shape index (κ2) is 5.35. The van der Waals surface area contributed by atoms with E-state index in [1.807, 2.05) is 0 Å². The van der Waals surface area contributed by atoms with Crippen LogP contribution in [0.4, 0.5) is 13.2 Å². The van der Waals surface area contributed by atoms with Gasteiger partial charge in [0, 0.05) is 16.8 Å². The quantitative estimate of drug-likeness (QED) is 0.814. The van der Waals surface area contributed by atoms with E-state index in [1.165, 1.54) is 30.3 Å². The van der Waals surface area contributed by atoms with Crippen LogP contribution in [0.1, 0.15) is 5.56 Å². The van der Waals surface area contributed by atoms with Crippen molar-refractivity contribution in [3.63, 3.8) is 0 Å². The predicted molar refractivity (Wildman–Crippen MR) is 75.0 cm³/mol. The molecular weight excluding hydrogens is 325 g/mol. The third-order valence-electron chi connectivity index (χ3n) is 2.87. The molecule has 0 atom stereocenters. The Hall–Kier alpha value is -1.53. The van der Waals surface area contributed by atoms with E-state index in [0.717, 1.165) is 12.3 Å². The average molecular weight is 335 g/mol. The summed E-state index contributed by atoms with van der Waals surface area (Å²) < 4.78 is 63.3. The van der Waals surface area contributed by atoms with E-state index in [1.54, 1.807) is 6.07 Å². The number of benzene rings is 2. The van der Waals surface area contributed by atoms with Gasteiger partial charge in [-0.25, -0.2) is 8.42 Å². The van der Waals surface area contributed by atoms with Crippen LogP contribution in [0.2, 0.25) is 5.02 Å². The van der Waals surface area contributed by atoms with Crippen molar-refractivity contribution in [1.29, 1.82) is 0 Å². The summed E-state index contributed by atoms with van der Waals surface area (Å²) in [5.74, 6) is 0. The first-order valence-electron chi connectivity index (χ1n) is 5.77. The molecule has 0 radical (unpaired) electrons. The molecule has 0 unspecified atom stereocenters. The van der Waals surface area contributed by atoms with E-state index in [4.69, 9.17) is 11.6 Å². The monoisotopic (exact) mass is 334 g/mol. The molecule has 0 aliphatic rings. The highest BCUT2D eigenvalue weighted by Gasteiger charge is 2.39. The molecule has 2 rings (SSSR count). The van der Waals surface area contributed by atoms with Crippen molar-refractivity contribution in [2.45, 2.75) is 11.1 Å². The Balaban J connectivity index is 2.89. The molecule has 21 heavy (non-hydrogen) atoms. The summed E-state index contributed by atoms with van der Waals surface area (Å²) in [7, 11) is -4.02. The summed E-state index contributed by atoms with van der Waals surface area (Å²) in [4.78, 5) is -0.757. The Labute approximate surface area is 125 Å². The molecule has 0 aliphatic heterocycles. The maximum atomic E-state index is 13.3. The smallest absolute Gasteiger partial charge is 0.224 e. The van der Waals surface area contributed by atoms with Crippen LogP contribution >= 0.6 is 11.6 Å². The maximum absolute atomic E-state index is 13.3. The third-order valence-corrected chi connectivity index (χ3v) is 4.34. The topological polar surface area (TPSA) is 34.1 Å². The van der Waals surface area contributed by atoms with Gasteiger partial charge in [0.15, 0.2) is 9.84 Å². The zero-order chi connectivity index (χ0) is 15.8. The SMILES string of the molecule is CS(=O)(=O)c1cccc(-c2ccccc2Cl)c1C(F)(F)F. The number of hydrogen-bond acceptors (Lipinski definition) is 2. The molecule has 0 spiro atoms. The van der Waals surface area contributed by atoms with Gasteiger partial charge >= 0.3 is 6.18 Å². The molecule has 0 saturated heterocycles. The fourth-order valence-electron chi connectivity index (χ4n) is 2.04. The lowest BCUT2D eigenvalue weighted by Gasteiger charge is -2.17. The Morgan fingerprint density at radius 1 is 0.952 bits per heavy atom. The molecule has 2 aromatic carbocycles. The molecule has 7 heteroatoms. The molecule has 0 fully saturated rings. The van der Waals surface area contributed by atoms with Crippen LogP contribution in [0.15, 0.2) is 47.4 Å². The molecule has 0 aromatic heterocycles. The minimum atomic E-state index is -4.81. The van der Waals surface area contributed by atoms with Crippen LogP contribution in [-0.2, 0) is 16.0 Å². The van der Waals surface area contributed by atoms with Gasteiger partial charge < -0.3 is 0 Å². The largest absolute Gasteiger partial charge is 0.418 e. The third kappa shape index (κ3) is 3.22. The minimum absolute atomic E-state index is 0.119. The van der Waals surface area contributed by atoms with E-state index in [2.05, 4.69) is 0 Å². The summed E-state index contributed by atoms with van der Waals surface area (Å²) in [6.45, 7) is 0. The molecule has 2 nitrogen and oxygen atoms in total. The Morgan fingerprint density at radius 3 is 2.05 bits per heavy atom. The summed E-state index contributed by atoms with van der Waals surface area (Å²) in [6, 6.07) is 9.40. The Bertz CT molecular complexity index is 783. The fourth-order valence-corrected chi connectivity index (χ4v) is 3.20. The zero-order valence-electron chi connectivity index (χ0n) is 10.8.